The number of methoxy groups -OCH3 is 1. The molecule has 84 valence electrons. The third-order valence-electron chi connectivity index (χ3n) is 1.73. The van der Waals surface area contributed by atoms with E-state index in [0.29, 0.717) is 32.8 Å². The summed E-state index contributed by atoms with van der Waals surface area (Å²) in [6, 6.07) is -0.512. The van der Waals surface area contributed by atoms with Gasteiger partial charge in [-0.05, 0) is 13.0 Å². The molecule has 0 fully saturated rings. The summed E-state index contributed by atoms with van der Waals surface area (Å²) in [7, 11) is 1.60. The maximum absolute atomic E-state index is 10.7. The highest BCUT2D eigenvalue weighted by Gasteiger charge is 2.14. The van der Waals surface area contributed by atoms with Crippen molar-refractivity contribution >= 4 is 5.97 Å². The molecule has 0 aromatic heterocycles. The van der Waals surface area contributed by atoms with E-state index in [1.54, 1.807) is 7.11 Å². The quantitative estimate of drug-likeness (QED) is 0.523. The van der Waals surface area contributed by atoms with Gasteiger partial charge in [-0.1, -0.05) is 6.92 Å². The second-order valence-electron chi connectivity index (χ2n) is 2.84. The fourth-order valence-electron chi connectivity index (χ4n) is 1.00. The summed E-state index contributed by atoms with van der Waals surface area (Å²) in [4.78, 5) is 10.7. The lowest BCUT2D eigenvalue weighted by molar-refractivity contribution is -0.140. The second-order valence-corrected chi connectivity index (χ2v) is 2.84. The van der Waals surface area contributed by atoms with E-state index in [4.69, 9.17) is 14.6 Å². The summed E-state index contributed by atoms with van der Waals surface area (Å²) in [6.07, 6.45) is 0.479. The Hall–Kier alpha value is -0.650. The van der Waals surface area contributed by atoms with E-state index >= 15 is 0 Å². The Kier molecular flexibility index (Phi) is 8.51. The van der Waals surface area contributed by atoms with E-state index in [-0.39, 0.29) is 0 Å². The van der Waals surface area contributed by atoms with Crippen molar-refractivity contribution in [2.24, 2.45) is 0 Å². The molecule has 5 heteroatoms. The first-order valence-corrected chi connectivity index (χ1v) is 4.75. The van der Waals surface area contributed by atoms with Gasteiger partial charge in [0.25, 0.3) is 0 Å². The molecule has 0 rings (SSSR count). The Morgan fingerprint density at radius 1 is 1.43 bits per heavy atom. The third kappa shape index (κ3) is 6.82. The average molecular weight is 205 g/mol. The maximum atomic E-state index is 10.7. The van der Waals surface area contributed by atoms with Gasteiger partial charge in [-0.15, -0.1) is 0 Å². The Labute approximate surface area is 84.4 Å². The van der Waals surface area contributed by atoms with E-state index in [0.717, 1.165) is 0 Å². The van der Waals surface area contributed by atoms with E-state index in [1.165, 1.54) is 0 Å². The molecule has 0 amide bonds. The van der Waals surface area contributed by atoms with Crippen LogP contribution >= 0.6 is 0 Å². The van der Waals surface area contributed by atoms with Crippen molar-refractivity contribution < 1.29 is 19.4 Å². The largest absolute Gasteiger partial charge is 0.480 e. The zero-order chi connectivity index (χ0) is 10.8. The molecule has 1 atom stereocenters. The number of carboxylic acids is 1. The van der Waals surface area contributed by atoms with Crippen molar-refractivity contribution in [3.63, 3.8) is 0 Å². The molecule has 0 aliphatic heterocycles. The molecule has 1 unspecified atom stereocenters. The minimum Gasteiger partial charge on any atom is -0.480 e. The van der Waals surface area contributed by atoms with E-state index in [1.807, 2.05) is 6.92 Å². The van der Waals surface area contributed by atoms with Crippen molar-refractivity contribution in [1.82, 2.24) is 5.32 Å². The highest BCUT2D eigenvalue weighted by atomic mass is 16.5. The van der Waals surface area contributed by atoms with E-state index in [2.05, 4.69) is 5.32 Å². The number of likely N-dealkylation sites (N-methyl/N-ethyl adjacent to an activating group) is 1. The lowest BCUT2D eigenvalue weighted by Gasteiger charge is -2.12. The van der Waals surface area contributed by atoms with Crippen LogP contribution in [0.15, 0.2) is 0 Å². The van der Waals surface area contributed by atoms with Gasteiger partial charge in [0.15, 0.2) is 0 Å². The van der Waals surface area contributed by atoms with Crippen molar-refractivity contribution in [3.05, 3.63) is 0 Å². The molecule has 0 saturated heterocycles. The molecule has 0 radical (unpaired) electrons. The Bertz CT molecular complexity index is 152. The predicted molar refractivity (Wildman–Crippen MR) is 52.4 cm³/mol. The van der Waals surface area contributed by atoms with Crippen molar-refractivity contribution in [3.8, 4) is 0 Å². The number of rotatable bonds is 9. The van der Waals surface area contributed by atoms with Crippen molar-refractivity contribution in [2.75, 3.05) is 33.5 Å². The van der Waals surface area contributed by atoms with Gasteiger partial charge in [-0.25, -0.2) is 0 Å². The number of carboxylic acid groups (broad SMARTS) is 1. The number of hydrogen-bond donors (Lipinski definition) is 2. The Morgan fingerprint density at radius 2 is 2.14 bits per heavy atom. The van der Waals surface area contributed by atoms with Gasteiger partial charge < -0.3 is 19.9 Å². The average Bonchev–Trinajstić information content (AvgIpc) is 2.15. The van der Waals surface area contributed by atoms with E-state index in [9.17, 15) is 4.79 Å². The molecular formula is C9H19NO4. The third-order valence-corrected chi connectivity index (χ3v) is 1.73. The van der Waals surface area contributed by atoms with Crippen LogP contribution in [0, 0.1) is 0 Å². The molecule has 14 heavy (non-hydrogen) atoms. The van der Waals surface area contributed by atoms with Gasteiger partial charge in [0.05, 0.1) is 13.2 Å². The molecule has 0 aromatic rings. The van der Waals surface area contributed by atoms with Crippen LogP contribution in [0.4, 0.5) is 0 Å². The predicted octanol–water partition coefficient (Wildman–Crippen LogP) is 0.102. The van der Waals surface area contributed by atoms with Gasteiger partial charge in [-0.3, -0.25) is 4.79 Å². The van der Waals surface area contributed by atoms with Crippen LogP contribution in [0.5, 0.6) is 0 Å². The minimum absolute atomic E-state index is 0.438. The van der Waals surface area contributed by atoms with Gasteiger partial charge in [-0.2, -0.15) is 0 Å². The Balaban J connectivity index is 3.46. The highest BCUT2D eigenvalue weighted by Crippen LogP contribution is 1.93. The summed E-state index contributed by atoms with van der Waals surface area (Å²) in [6.45, 7) is 4.01. The van der Waals surface area contributed by atoms with Gasteiger partial charge in [0.2, 0.25) is 0 Å². The minimum atomic E-state index is -0.831. The van der Waals surface area contributed by atoms with Crippen molar-refractivity contribution in [2.45, 2.75) is 19.4 Å². The monoisotopic (exact) mass is 205 g/mol. The van der Waals surface area contributed by atoms with E-state index < -0.39 is 12.0 Å². The molecule has 0 heterocycles. The fourth-order valence-corrected chi connectivity index (χ4v) is 1.00. The summed E-state index contributed by atoms with van der Waals surface area (Å²) < 4.78 is 9.96. The first-order valence-electron chi connectivity index (χ1n) is 4.75. The summed E-state index contributed by atoms with van der Waals surface area (Å²) in [5, 5.41) is 11.6. The molecule has 5 nitrogen and oxygen atoms in total. The highest BCUT2D eigenvalue weighted by molar-refractivity contribution is 5.73. The van der Waals surface area contributed by atoms with Crippen LogP contribution in [0.1, 0.15) is 13.3 Å². The standard InChI is InChI=1S/C9H19NO4/c1-3-10-8(9(11)12)4-5-14-7-6-13-2/h8,10H,3-7H2,1-2H3,(H,11,12). The first kappa shape index (κ1) is 13.4. The van der Waals surface area contributed by atoms with Crippen molar-refractivity contribution in [1.29, 1.82) is 0 Å². The molecule has 0 spiro atoms. The van der Waals surface area contributed by atoms with Crippen LogP contribution in [0.25, 0.3) is 0 Å². The normalized spacial score (nSPS) is 12.7. The molecule has 0 bridgehead atoms. The number of aliphatic carboxylic acids is 1. The molecular weight excluding hydrogens is 186 g/mol. The molecule has 2 N–H and O–H groups in total. The summed E-state index contributed by atoms with van der Waals surface area (Å²) >= 11 is 0. The molecule has 0 aromatic carbocycles. The molecule has 0 aliphatic carbocycles. The Morgan fingerprint density at radius 3 is 2.64 bits per heavy atom. The zero-order valence-electron chi connectivity index (χ0n) is 8.78. The fraction of sp³-hybridized carbons (Fsp3) is 0.889. The summed E-state index contributed by atoms with van der Waals surface area (Å²) in [5.41, 5.74) is 0. The van der Waals surface area contributed by atoms with Crippen LogP contribution in [-0.2, 0) is 14.3 Å². The molecule has 0 saturated carbocycles. The van der Waals surface area contributed by atoms with Crippen LogP contribution in [0.2, 0.25) is 0 Å². The number of nitrogens with one attached hydrogen (secondary N) is 1. The van der Waals surface area contributed by atoms with Gasteiger partial charge >= 0.3 is 5.97 Å². The molecule has 0 aliphatic rings. The first-order chi connectivity index (χ1) is 6.72. The maximum Gasteiger partial charge on any atom is 0.320 e. The second kappa shape index (κ2) is 8.93. The SMILES string of the molecule is CCNC(CCOCCOC)C(=O)O. The smallest absolute Gasteiger partial charge is 0.320 e. The number of hydrogen-bond acceptors (Lipinski definition) is 4. The van der Waals surface area contributed by atoms with Gasteiger partial charge in [0.1, 0.15) is 6.04 Å². The zero-order valence-corrected chi connectivity index (χ0v) is 8.78. The van der Waals surface area contributed by atoms with Crippen LogP contribution < -0.4 is 5.32 Å². The lowest BCUT2D eigenvalue weighted by atomic mass is 10.2. The van der Waals surface area contributed by atoms with Crippen LogP contribution in [-0.4, -0.2) is 50.6 Å². The van der Waals surface area contributed by atoms with Crippen LogP contribution in [0.3, 0.4) is 0 Å². The lowest BCUT2D eigenvalue weighted by Crippen LogP contribution is -2.37. The topological polar surface area (TPSA) is 67.8 Å². The number of carbonyl (C=O) groups is 1. The number of ether oxygens (including phenoxy) is 2. The summed E-state index contributed by atoms with van der Waals surface area (Å²) in [5.74, 6) is -0.831. The van der Waals surface area contributed by atoms with Gasteiger partial charge in [0, 0.05) is 13.7 Å².